The van der Waals surface area contributed by atoms with Gasteiger partial charge < -0.3 is 4.74 Å². The van der Waals surface area contributed by atoms with Crippen molar-refractivity contribution in [2.24, 2.45) is 17.0 Å². The van der Waals surface area contributed by atoms with Gasteiger partial charge in [-0.15, -0.1) is 0 Å². The topological polar surface area (TPSA) is 45.4 Å². The van der Waals surface area contributed by atoms with Crippen molar-refractivity contribution in [1.82, 2.24) is 0 Å². The molecular formula is C12H25IN2O. The van der Waals surface area contributed by atoms with Crippen LogP contribution in [0, 0.1) is 17.4 Å². The molecule has 0 bridgehead atoms. The minimum Gasteiger partial charge on any atom is -0.374 e. The molecule has 1 N–H and O–H groups in total. The second-order valence-electron chi connectivity index (χ2n) is 5.01. The van der Waals surface area contributed by atoms with Crippen LogP contribution in [-0.2, 0) is 4.74 Å². The summed E-state index contributed by atoms with van der Waals surface area (Å²) in [6.07, 6.45) is 0.959. The van der Waals surface area contributed by atoms with Gasteiger partial charge >= 0.3 is 0 Å². The van der Waals surface area contributed by atoms with E-state index in [-0.39, 0.29) is 9.53 Å². The Kier molecular flexibility index (Phi) is 7.72. The van der Waals surface area contributed by atoms with Gasteiger partial charge in [0, 0.05) is 0 Å². The number of alkyl halides is 1. The molecule has 4 heteroatoms. The van der Waals surface area contributed by atoms with Crippen LogP contribution in [0.25, 0.3) is 0 Å². The highest BCUT2D eigenvalue weighted by atomic mass is 127. The molecule has 16 heavy (non-hydrogen) atoms. The van der Waals surface area contributed by atoms with E-state index in [1.807, 2.05) is 0 Å². The highest BCUT2D eigenvalue weighted by molar-refractivity contribution is 14.1. The summed E-state index contributed by atoms with van der Waals surface area (Å²) in [4.78, 5) is 0. The first-order chi connectivity index (χ1) is 7.37. The zero-order valence-electron chi connectivity index (χ0n) is 11.1. The van der Waals surface area contributed by atoms with Gasteiger partial charge in [0.05, 0.1) is 22.7 Å². The number of nitrogens with one attached hydrogen (secondary N) is 1. The molecular weight excluding hydrogens is 315 g/mol. The van der Waals surface area contributed by atoms with Crippen LogP contribution in [0.15, 0.2) is 5.11 Å². The van der Waals surface area contributed by atoms with E-state index >= 15 is 0 Å². The van der Waals surface area contributed by atoms with Crippen LogP contribution in [0.4, 0.5) is 0 Å². The van der Waals surface area contributed by atoms with E-state index in [4.69, 9.17) is 10.3 Å². The predicted molar refractivity (Wildman–Crippen MR) is 76.5 cm³/mol. The summed E-state index contributed by atoms with van der Waals surface area (Å²) in [5, 5.41) is 3.47. The fourth-order valence-electron chi connectivity index (χ4n) is 1.20. The lowest BCUT2D eigenvalue weighted by molar-refractivity contribution is -0.0510. The molecule has 0 rings (SSSR count). The first kappa shape index (κ1) is 16.3. The number of ether oxygens (including phenoxy) is 1. The van der Waals surface area contributed by atoms with Crippen molar-refractivity contribution in [3.05, 3.63) is 0 Å². The first-order valence-corrected chi connectivity index (χ1v) is 7.23. The second-order valence-corrected chi connectivity index (χ2v) is 6.51. The molecule has 0 radical (unpaired) electrons. The lowest BCUT2D eigenvalue weighted by Crippen LogP contribution is -2.41. The number of nitrogens with zero attached hydrogens (tertiary/aromatic N) is 1. The fraction of sp³-hybridized carbons (Fsp3) is 1.00. The van der Waals surface area contributed by atoms with Crippen LogP contribution in [0.1, 0.15) is 41.0 Å². The normalized spacial score (nSPS) is 19.2. The van der Waals surface area contributed by atoms with Gasteiger partial charge in [0.25, 0.3) is 0 Å². The van der Waals surface area contributed by atoms with E-state index in [9.17, 15) is 0 Å². The molecule has 0 aliphatic heterocycles. The SMILES string of the molecule is CCC(C)(OCC(C)C(C)C)C(I)CN=N. The van der Waals surface area contributed by atoms with Crippen LogP contribution < -0.4 is 0 Å². The molecule has 3 atom stereocenters. The largest absolute Gasteiger partial charge is 0.374 e. The van der Waals surface area contributed by atoms with Crippen LogP contribution in [0.5, 0.6) is 0 Å². The van der Waals surface area contributed by atoms with Crippen molar-refractivity contribution in [3.63, 3.8) is 0 Å². The maximum Gasteiger partial charge on any atom is 0.0787 e. The van der Waals surface area contributed by atoms with Crippen molar-refractivity contribution >= 4 is 22.6 Å². The van der Waals surface area contributed by atoms with E-state index in [0.717, 1.165) is 13.0 Å². The Balaban J connectivity index is 4.30. The summed E-state index contributed by atoms with van der Waals surface area (Å²) in [5.74, 6) is 1.22. The average molecular weight is 340 g/mol. The van der Waals surface area contributed by atoms with Crippen molar-refractivity contribution in [2.75, 3.05) is 13.2 Å². The third-order valence-electron chi connectivity index (χ3n) is 3.43. The monoisotopic (exact) mass is 340 g/mol. The Hall–Kier alpha value is 0.290. The molecule has 0 saturated carbocycles. The van der Waals surface area contributed by atoms with Gasteiger partial charge in [0.2, 0.25) is 0 Å². The van der Waals surface area contributed by atoms with Gasteiger partial charge in [-0.05, 0) is 25.2 Å². The van der Waals surface area contributed by atoms with Gasteiger partial charge in [0.15, 0.2) is 0 Å². The molecule has 0 fully saturated rings. The molecule has 96 valence electrons. The highest BCUT2D eigenvalue weighted by Crippen LogP contribution is 2.28. The number of hydrogen-bond acceptors (Lipinski definition) is 3. The Bertz CT molecular complexity index is 211. The summed E-state index contributed by atoms with van der Waals surface area (Å²) in [6.45, 7) is 12.3. The molecule has 0 spiro atoms. The van der Waals surface area contributed by atoms with E-state index in [1.165, 1.54) is 0 Å². The number of hydrogen-bond donors (Lipinski definition) is 1. The minimum atomic E-state index is -0.158. The summed E-state index contributed by atoms with van der Waals surface area (Å²) >= 11 is 2.35. The molecule has 0 aromatic rings. The molecule has 0 aromatic carbocycles. The zero-order chi connectivity index (χ0) is 12.8. The van der Waals surface area contributed by atoms with Crippen molar-refractivity contribution in [1.29, 1.82) is 5.53 Å². The minimum absolute atomic E-state index is 0.158. The van der Waals surface area contributed by atoms with Crippen LogP contribution in [-0.4, -0.2) is 22.7 Å². The van der Waals surface area contributed by atoms with Crippen LogP contribution in [0.2, 0.25) is 0 Å². The predicted octanol–water partition coefficient (Wildman–Crippen LogP) is 4.30. The van der Waals surface area contributed by atoms with Gasteiger partial charge in [-0.3, -0.25) is 0 Å². The molecule has 0 aliphatic carbocycles. The summed E-state index contributed by atoms with van der Waals surface area (Å²) in [7, 11) is 0. The summed E-state index contributed by atoms with van der Waals surface area (Å²) < 4.78 is 6.34. The Morgan fingerprint density at radius 3 is 2.31 bits per heavy atom. The third-order valence-corrected chi connectivity index (χ3v) is 5.14. The molecule has 0 amide bonds. The van der Waals surface area contributed by atoms with Gasteiger partial charge in [0.1, 0.15) is 0 Å². The molecule has 0 saturated heterocycles. The lowest BCUT2D eigenvalue weighted by atomic mass is 9.96. The van der Waals surface area contributed by atoms with Gasteiger partial charge in [-0.1, -0.05) is 50.3 Å². The number of halogens is 1. The third kappa shape index (κ3) is 5.08. The van der Waals surface area contributed by atoms with Crippen molar-refractivity contribution in [3.8, 4) is 0 Å². The average Bonchev–Trinajstić information content (AvgIpc) is 2.25. The lowest BCUT2D eigenvalue weighted by Gasteiger charge is -2.34. The fourth-order valence-corrected chi connectivity index (χ4v) is 2.02. The Morgan fingerprint density at radius 2 is 1.94 bits per heavy atom. The molecule has 0 heterocycles. The van der Waals surface area contributed by atoms with E-state index in [0.29, 0.717) is 18.4 Å². The van der Waals surface area contributed by atoms with Crippen molar-refractivity contribution < 1.29 is 4.74 Å². The Labute approximate surface area is 113 Å². The maximum absolute atomic E-state index is 6.94. The summed E-state index contributed by atoms with van der Waals surface area (Å²) in [6, 6.07) is 0. The smallest absolute Gasteiger partial charge is 0.0787 e. The molecule has 0 aliphatic rings. The van der Waals surface area contributed by atoms with Crippen LogP contribution >= 0.6 is 22.6 Å². The van der Waals surface area contributed by atoms with Crippen molar-refractivity contribution in [2.45, 2.75) is 50.6 Å². The van der Waals surface area contributed by atoms with E-state index in [1.54, 1.807) is 0 Å². The van der Waals surface area contributed by atoms with E-state index in [2.05, 4.69) is 62.3 Å². The quantitative estimate of drug-likeness (QED) is 0.400. The molecule has 3 nitrogen and oxygen atoms in total. The van der Waals surface area contributed by atoms with Crippen LogP contribution in [0.3, 0.4) is 0 Å². The standard InChI is InChI=1S/C12H25IN2O/c1-6-12(5,11(13)7-15-14)16-8-10(4)9(2)3/h9-11,14H,6-8H2,1-5H3. The maximum atomic E-state index is 6.94. The molecule has 0 aromatic heterocycles. The summed E-state index contributed by atoms with van der Waals surface area (Å²) in [5.41, 5.74) is 6.78. The number of rotatable bonds is 8. The Morgan fingerprint density at radius 1 is 1.38 bits per heavy atom. The second kappa shape index (κ2) is 7.58. The van der Waals surface area contributed by atoms with Gasteiger partial charge in [-0.25, -0.2) is 5.53 Å². The van der Waals surface area contributed by atoms with E-state index < -0.39 is 0 Å². The first-order valence-electron chi connectivity index (χ1n) is 5.98. The highest BCUT2D eigenvalue weighted by Gasteiger charge is 2.32. The zero-order valence-corrected chi connectivity index (χ0v) is 13.2. The molecule has 3 unspecified atom stereocenters. The van der Waals surface area contributed by atoms with Gasteiger partial charge in [-0.2, -0.15) is 5.11 Å².